The van der Waals surface area contributed by atoms with Gasteiger partial charge in [-0.1, -0.05) is 23.2 Å². The average molecular weight is 334 g/mol. The highest BCUT2D eigenvalue weighted by Gasteiger charge is 2.19. The van der Waals surface area contributed by atoms with Crippen LogP contribution < -0.4 is 4.74 Å². The molecule has 1 aliphatic heterocycles. The molecule has 1 aliphatic rings. The zero-order valence-electron chi connectivity index (χ0n) is 11.9. The van der Waals surface area contributed by atoms with Crippen LogP contribution in [0, 0.1) is 0 Å². The van der Waals surface area contributed by atoms with Crippen LogP contribution in [0.5, 0.6) is 5.75 Å². The van der Waals surface area contributed by atoms with E-state index in [1.165, 1.54) is 0 Å². The lowest BCUT2D eigenvalue weighted by Crippen LogP contribution is -2.39. The quantitative estimate of drug-likeness (QED) is 0.833. The van der Waals surface area contributed by atoms with Crippen molar-refractivity contribution in [1.82, 2.24) is 4.90 Å². The van der Waals surface area contributed by atoms with E-state index < -0.39 is 0 Å². The van der Waals surface area contributed by atoms with Gasteiger partial charge in [0.1, 0.15) is 12.4 Å². The highest BCUT2D eigenvalue weighted by Crippen LogP contribution is 2.27. The van der Waals surface area contributed by atoms with Gasteiger partial charge in [-0.25, -0.2) is 0 Å². The number of halogens is 2. The Labute approximate surface area is 135 Å². The van der Waals surface area contributed by atoms with Gasteiger partial charge in [0.15, 0.2) is 0 Å². The van der Waals surface area contributed by atoms with Crippen LogP contribution in [-0.2, 0) is 4.74 Å². The van der Waals surface area contributed by atoms with Crippen molar-refractivity contribution in [3.8, 4) is 5.75 Å². The molecule has 0 unspecified atom stereocenters. The Bertz CT molecular complexity index is 437. The van der Waals surface area contributed by atoms with Gasteiger partial charge in [0.2, 0.25) is 0 Å². The second-order valence-corrected chi connectivity index (χ2v) is 5.90. The van der Waals surface area contributed by atoms with E-state index in [4.69, 9.17) is 37.8 Å². The first-order chi connectivity index (χ1) is 10.2. The van der Waals surface area contributed by atoms with Gasteiger partial charge in [-0.2, -0.15) is 0 Å². The first kappa shape index (κ1) is 16.8. The summed E-state index contributed by atoms with van der Waals surface area (Å²) in [5, 5.41) is 9.89. The van der Waals surface area contributed by atoms with Gasteiger partial charge in [0.25, 0.3) is 0 Å². The van der Waals surface area contributed by atoms with Crippen LogP contribution in [0.1, 0.15) is 12.8 Å². The number of hydrogen-bond donors (Lipinski definition) is 1. The van der Waals surface area contributed by atoms with Crippen LogP contribution in [0.2, 0.25) is 10.0 Å². The van der Waals surface area contributed by atoms with Gasteiger partial charge >= 0.3 is 0 Å². The standard InChI is InChI=1S/C15H21Cl2NO3/c16-12-1-2-15(14(17)11-12)21-9-7-18-5-3-13(4-6-18)20-10-8-19/h1-2,11,13,19H,3-10H2. The van der Waals surface area contributed by atoms with Crippen LogP contribution in [0.4, 0.5) is 0 Å². The second kappa shape index (κ2) is 8.81. The predicted octanol–water partition coefficient (Wildman–Crippen LogP) is 2.85. The van der Waals surface area contributed by atoms with Gasteiger partial charge in [0.05, 0.1) is 24.3 Å². The van der Waals surface area contributed by atoms with Crippen LogP contribution in [0.15, 0.2) is 18.2 Å². The Balaban J connectivity index is 1.66. The molecule has 0 bridgehead atoms. The normalized spacial score (nSPS) is 17.1. The van der Waals surface area contributed by atoms with Crippen molar-refractivity contribution in [2.75, 3.05) is 39.5 Å². The van der Waals surface area contributed by atoms with Gasteiger partial charge < -0.3 is 14.6 Å². The summed E-state index contributed by atoms with van der Waals surface area (Å²) in [6.07, 6.45) is 2.28. The highest BCUT2D eigenvalue weighted by atomic mass is 35.5. The summed E-state index contributed by atoms with van der Waals surface area (Å²) in [7, 11) is 0. The molecule has 0 atom stereocenters. The van der Waals surface area contributed by atoms with E-state index in [9.17, 15) is 0 Å². The molecule has 2 rings (SSSR count). The fourth-order valence-corrected chi connectivity index (χ4v) is 2.86. The molecule has 1 saturated heterocycles. The van der Waals surface area contributed by atoms with E-state index in [1.807, 2.05) is 0 Å². The van der Waals surface area contributed by atoms with Crippen LogP contribution in [0.3, 0.4) is 0 Å². The van der Waals surface area contributed by atoms with Crippen molar-refractivity contribution in [1.29, 1.82) is 0 Å². The maximum Gasteiger partial charge on any atom is 0.138 e. The smallest absolute Gasteiger partial charge is 0.138 e. The highest BCUT2D eigenvalue weighted by molar-refractivity contribution is 6.35. The van der Waals surface area contributed by atoms with Crippen LogP contribution >= 0.6 is 23.2 Å². The Hall–Kier alpha value is -0.520. The number of nitrogens with zero attached hydrogens (tertiary/aromatic N) is 1. The second-order valence-electron chi connectivity index (χ2n) is 5.06. The summed E-state index contributed by atoms with van der Waals surface area (Å²) in [6, 6.07) is 5.24. The molecule has 1 fully saturated rings. The van der Waals surface area contributed by atoms with Crippen molar-refractivity contribution < 1.29 is 14.6 Å². The zero-order chi connectivity index (χ0) is 15.1. The number of aliphatic hydroxyl groups is 1. The summed E-state index contributed by atoms with van der Waals surface area (Å²) >= 11 is 11.9. The molecule has 118 valence electrons. The molecule has 21 heavy (non-hydrogen) atoms. The number of benzene rings is 1. The first-order valence-electron chi connectivity index (χ1n) is 7.21. The third kappa shape index (κ3) is 5.64. The predicted molar refractivity (Wildman–Crippen MR) is 84.5 cm³/mol. The maximum atomic E-state index is 8.74. The summed E-state index contributed by atoms with van der Waals surface area (Å²) in [6.45, 7) is 3.98. The van der Waals surface area contributed by atoms with Crippen molar-refractivity contribution >= 4 is 23.2 Å². The minimum Gasteiger partial charge on any atom is -0.491 e. The molecule has 4 nitrogen and oxygen atoms in total. The lowest BCUT2D eigenvalue weighted by atomic mass is 10.1. The summed E-state index contributed by atoms with van der Waals surface area (Å²) in [5.41, 5.74) is 0. The molecule has 1 aromatic carbocycles. The Morgan fingerprint density at radius 3 is 2.62 bits per heavy atom. The van der Waals surface area contributed by atoms with E-state index in [2.05, 4.69) is 4.90 Å². The first-order valence-corrected chi connectivity index (χ1v) is 7.97. The van der Waals surface area contributed by atoms with Gasteiger partial charge in [0, 0.05) is 24.7 Å². The number of piperidine rings is 1. The lowest BCUT2D eigenvalue weighted by molar-refractivity contribution is -0.00923. The molecule has 1 aromatic rings. The summed E-state index contributed by atoms with van der Waals surface area (Å²) in [4.78, 5) is 2.35. The van der Waals surface area contributed by atoms with Crippen molar-refractivity contribution in [2.45, 2.75) is 18.9 Å². The van der Waals surface area contributed by atoms with Crippen molar-refractivity contribution in [3.05, 3.63) is 28.2 Å². The molecule has 0 radical (unpaired) electrons. The lowest BCUT2D eigenvalue weighted by Gasteiger charge is -2.31. The summed E-state index contributed by atoms with van der Waals surface area (Å²) in [5.74, 6) is 0.669. The SMILES string of the molecule is OCCOC1CCN(CCOc2ccc(Cl)cc2Cl)CC1. The maximum absolute atomic E-state index is 8.74. The summed E-state index contributed by atoms with van der Waals surface area (Å²) < 4.78 is 11.2. The Morgan fingerprint density at radius 2 is 1.95 bits per heavy atom. The molecular formula is C15H21Cl2NO3. The number of rotatable bonds is 7. The molecule has 0 amide bonds. The third-order valence-electron chi connectivity index (χ3n) is 3.54. The minimum atomic E-state index is 0.0932. The van der Waals surface area contributed by atoms with E-state index >= 15 is 0 Å². The van der Waals surface area contributed by atoms with Crippen molar-refractivity contribution in [2.24, 2.45) is 0 Å². The third-order valence-corrected chi connectivity index (χ3v) is 4.07. The van der Waals surface area contributed by atoms with Gasteiger partial charge in [-0.05, 0) is 31.0 Å². The number of hydrogen-bond acceptors (Lipinski definition) is 4. The largest absolute Gasteiger partial charge is 0.491 e. The fraction of sp³-hybridized carbons (Fsp3) is 0.600. The molecule has 0 saturated carbocycles. The molecule has 0 aromatic heterocycles. The molecule has 0 aliphatic carbocycles. The molecule has 0 spiro atoms. The number of ether oxygens (including phenoxy) is 2. The molecular weight excluding hydrogens is 313 g/mol. The molecule has 6 heteroatoms. The molecule has 1 heterocycles. The average Bonchev–Trinajstić information content (AvgIpc) is 2.48. The van der Waals surface area contributed by atoms with Crippen molar-refractivity contribution in [3.63, 3.8) is 0 Å². The zero-order valence-corrected chi connectivity index (χ0v) is 13.4. The van der Waals surface area contributed by atoms with Gasteiger partial charge in [-0.3, -0.25) is 4.90 Å². The van der Waals surface area contributed by atoms with Crippen LogP contribution in [0.25, 0.3) is 0 Å². The topological polar surface area (TPSA) is 41.9 Å². The Morgan fingerprint density at radius 1 is 1.19 bits per heavy atom. The minimum absolute atomic E-state index is 0.0932. The Kier molecular flexibility index (Phi) is 7.07. The van der Waals surface area contributed by atoms with E-state index in [1.54, 1.807) is 18.2 Å². The van der Waals surface area contributed by atoms with E-state index in [0.29, 0.717) is 29.0 Å². The number of aliphatic hydroxyl groups excluding tert-OH is 1. The van der Waals surface area contributed by atoms with E-state index in [0.717, 1.165) is 32.5 Å². The fourth-order valence-electron chi connectivity index (χ4n) is 2.40. The van der Waals surface area contributed by atoms with E-state index in [-0.39, 0.29) is 12.7 Å². The monoisotopic (exact) mass is 333 g/mol. The van der Waals surface area contributed by atoms with Crippen LogP contribution in [-0.4, -0.2) is 55.6 Å². The number of likely N-dealkylation sites (tertiary alicyclic amines) is 1. The molecule has 1 N–H and O–H groups in total. The van der Waals surface area contributed by atoms with Gasteiger partial charge in [-0.15, -0.1) is 0 Å².